The Labute approximate surface area is 68.8 Å². The molecular formula is C7H7N3O2. The number of hydrazone groups is 1. The number of amides is 1. The molecule has 5 heteroatoms. The minimum absolute atomic E-state index is 0.603. The number of hydrogen-bond donors (Lipinski definition) is 2. The Morgan fingerprint density at radius 2 is 2.50 bits per heavy atom. The molecule has 12 heavy (non-hydrogen) atoms. The van der Waals surface area contributed by atoms with Crippen LogP contribution in [0.15, 0.2) is 29.5 Å². The lowest BCUT2D eigenvalue weighted by Crippen LogP contribution is -2.13. The van der Waals surface area contributed by atoms with Gasteiger partial charge in [-0.05, 0) is 12.1 Å². The summed E-state index contributed by atoms with van der Waals surface area (Å²) in [5, 5.41) is 11.6. The van der Waals surface area contributed by atoms with Gasteiger partial charge in [-0.15, -0.1) is 0 Å². The van der Waals surface area contributed by atoms with Crippen molar-refractivity contribution in [1.29, 1.82) is 0 Å². The molecule has 0 unspecified atom stereocenters. The second-order valence-corrected chi connectivity index (χ2v) is 1.93. The fraction of sp³-hybridized carbons (Fsp3) is 0. The van der Waals surface area contributed by atoms with Gasteiger partial charge in [0.25, 0.3) is 0 Å². The van der Waals surface area contributed by atoms with E-state index in [1.165, 1.54) is 6.21 Å². The van der Waals surface area contributed by atoms with Crippen LogP contribution in [0, 0.1) is 0 Å². The van der Waals surface area contributed by atoms with Gasteiger partial charge in [0.1, 0.15) is 0 Å². The minimum atomic E-state index is -1.19. The Kier molecular flexibility index (Phi) is 2.78. The fourth-order valence-electron chi connectivity index (χ4n) is 0.606. The molecule has 1 amide bonds. The number of nitrogens with zero attached hydrogens (tertiary/aromatic N) is 2. The predicted octanol–water partition coefficient (Wildman–Crippen LogP) is 0.683. The van der Waals surface area contributed by atoms with Crippen molar-refractivity contribution in [3.8, 4) is 0 Å². The number of hydrogen-bond acceptors (Lipinski definition) is 3. The maximum Gasteiger partial charge on any atom is 0.425 e. The van der Waals surface area contributed by atoms with Crippen LogP contribution in [0.25, 0.3) is 0 Å². The summed E-state index contributed by atoms with van der Waals surface area (Å²) < 4.78 is 0. The highest BCUT2D eigenvalue weighted by molar-refractivity contribution is 5.78. The quantitative estimate of drug-likeness (QED) is 0.500. The molecule has 1 rings (SSSR count). The number of carbonyl (C=O) groups is 1. The van der Waals surface area contributed by atoms with Gasteiger partial charge < -0.3 is 5.11 Å². The number of aromatic nitrogens is 1. The zero-order valence-corrected chi connectivity index (χ0v) is 6.14. The molecule has 1 aromatic rings. The van der Waals surface area contributed by atoms with Crippen molar-refractivity contribution in [2.24, 2.45) is 5.10 Å². The third-order valence-electron chi connectivity index (χ3n) is 1.04. The van der Waals surface area contributed by atoms with E-state index in [4.69, 9.17) is 5.11 Å². The van der Waals surface area contributed by atoms with Crippen LogP contribution in [0.2, 0.25) is 0 Å². The topological polar surface area (TPSA) is 74.6 Å². The summed E-state index contributed by atoms with van der Waals surface area (Å²) in [5.41, 5.74) is 2.44. The van der Waals surface area contributed by atoms with Crippen LogP contribution in [0.3, 0.4) is 0 Å². The van der Waals surface area contributed by atoms with E-state index < -0.39 is 6.09 Å². The molecule has 1 aromatic heterocycles. The highest BCUT2D eigenvalue weighted by Crippen LogP contribution is 1.86. The van der Waals surface area contributed by atoms with Gasteiger partial charge in [-0.1, -0.05) is 6.07 Å². The van der Waals surface area contributed by atoms with Gasteiger partial charge >= 0.3 is 6.09 Å². The van der Waals surface area contributed by atoms with Crippen LogP contribution >= 0.6 is 0 Å². The van der Waals surface area contributed by atoms with Crippen molar-refractivity contribution in [3.05, 3.63) is 30.1 Å². The first kappa shape index (κ1) is 8.19. The van der Waals surface area contributed by atoms with Gasteiger partial charge in [0.2, 0.25) is 0 Å². The normalized spacial score (nSPS) is 10.0. The van der Waals surface area contributed by atoms with E-state index in [-0.39, 0.29) is 0 Å². The average Bonchev–Trinajstić information content (AvgIpc) is 2.05. The highest BCUT2D eigenvalue weighted by atomic mass is 16.4. The molecule has 0 radical (unpaired) electrons. The van der Waals surface area contributed by atoms with E-state index in [1.807, 2.05) is 5.43 Å². The van der Waals surface area contributed by atoms with Crippen molar-refractivity contribution in [1.82, 2.24) is 10.4 Å². The molecule has 0 saturated heterocycles. The van der Waals surface area contributed by atoms with Gasteiger partial charge in [0, 0.05) is 6.20 Å². The lowest BCUT2D eigenvalue weighted by Gasteiger charge is -1.89. The maximum atomic E-state index is 9.94. The van der Waals surface area contributed by atoms with E-state index in [0.29, 0.717) is 5.69 Å². The monoisotopic (exact) mass is 165 g/mol. The average molecular weight is 165 g/mol. The van der Waals surface area contributed by atoms with Gasteiger partial charge in [-0.25, -0.2) is 10.2 Å². The molecule has 0 spiro atoms. The number of pyridine rings is 1. The summed E-state index contributed by atoms with van der Waals surface area (Å²) in [5.74, 6) is 0. The first-order chi connectivity index (χ1) is 5.79. The SMILES string of the molecule is O=C(O)N/N=C/c1ccccn1. The molecule has 0 bridgehead atoms. The Morgan fingerprint density at radius 3 is 3.08 bits per heavy atom. The van der Waals surface area contributed by atoms with Crippen molar-refractivity contribution >= 4 is 12.3 Å². The predicted molar refractivity (Wildman–Crippen MR) is 43.0 cm³/mol. The molecule has 0 saturated carbocycles. The van der Waals surface area contributed by atoms with Crippen molar-refractivity contribution in [2.75, 3.05) is 0 Å². The summed E-state index contributed by atoms with van der Waals surface area (Å²) in [6.45, 7) is 0. The maximum absolute atomic E-state index is 9.94. The molecule has 1 heterocycles. The van der Waals surface area contributed by atoms with Gasteiger partial charge in [0.05, 0.1) is 11.9 Å². The van der Waals surface area contributed by atoms with Gasteiger partial charge in [0.15, 0.2) is 0 Å². The standard InChI is InChI=1S/C7H7N3O2/c11-7(12)10-9-5-6-3-1-2-4-8-6/h1-5,10H,(H,11,12)/b9-5+. The molecule has 0 aliphatic rings. The Hall–Kier alpha value is -1.91. The molecular weight excluding hydrogens is 158 g/mol. The number of carboxylic acid groups (broad SMARTS) is 1. The first-order valence-electron chi connectivity index (χ1n) is 3.22. The van der Waals surface area contributed by atoms with Crippen molar-refractivity contribution in [2.45, 2.75) is 0 Å². The van der Waals surface area contributed by atoms with E-state index in [0.717, 1.165) is 0 Å². The molecule has 0 aliphatic carbocycles. The highest BCUT2D eigenvalue weighted by Gasteiger charge is 1.88. The van der Waals surface area contributed by atoms with E-state index in [9.17, 15) is 4.79 Å². The zero-order valence-electron chi connectivity index (χ0n) is 6.14. The van der Waals surface area contributed by atoms with Crippen LogP contribution in [0.4, 0.5) is 4.79 Å². The Morgan fingerprint density at radius 1 is 1.67 bits per heavy atom. The van der Waals surface area contributed by atoms with Gasteiger partial charge in [-0.3, -0.25) is 4.98 Å². The largest absolute Gasteiger partial charge is 0.464 e. The smallest absolute Gasteiger partial charge is 0.425 e. The van der Waals surface area contributed by atoms with Crippen molar-refractivity contribution < 1.29 is 9.90 Å². The lowest BCUT2D eigenvalue weighted by molar-refractivity contribution is 0.195. The molecule has 0 aliphatic heterocycles. The van der Waals surface area contributed by atoms with Crippen LogP contribution < -0.4 is 5.43 Å². The number of nitrogens with one attached hydrogen (secondary N) is 1. The lowest BCUT2D eigenvalue weighted by atomic mass is 10.4. The first-order valence-corrected chi connectivity index (χ1v) is 3.22. The minimum Gasteiger partial charge on any atom is -0.464 e. The molecule has 2 N–H and O–H groups in total. The molecule has 62 valence electrons. The Bertz CT molecular complexity index is 284. The molecule has 5 nitrogen and oxygen atoms in total. The van der Waals surface area contributed by atoms with Crippen LogP contribution in [0.1, 0.15) is 5.69 Å². The van der Waals surface area contributed by atoms with E-state index >= 15 is 0 Å². The van der Waals surface area contributed by atoms with Crippen LogP contribution in [-0.2, 0) is 0 Å². The van der Waals surface area contributed by atoms with Gasteiger partial charge in [-0.2, -0.15) is 5.10 Å². The van der Waals surface area contributed by atoms with E-state index in [2.05, 4.69) is 10.1 Å². The molecule has 0 atom stereocenters. The van der Waals surface area contributed by atoms with Crippen molar-refractivity contribution in [3.63, 3.8) is 0 Å². The number of rotatable bonds is 2. The van der Waals surface area contributed by atoms with E-state index in [1.54, 1.807) is 24.4 Å². The molecule has 0 aromatic carbocycles. The second-order valence-electron chi connectivity index (χ2n) is 1.93. The van der Waals surface area contributed by atoms with Crippen LogP contribution in [-0.4, -0.2) is 22.4 Å². The summed E-state index contributed by atoms with van der Waals surface area (Å²) in [7, 11) is 0. The fourth-order valence-corrected chi connectivity index (χ4v) is 0.606. The summed E-state index contributed by atoms with van der Waals surface area (Å²) >= 11 is 0. The summed E-state index contributed by atoms with van der Waals surface area (Å²) in [6, 6.07) is 5.27. The zero-order chi connectivity index (χ0) is 8.81. The van der Waals surface area contributed by atoms with Crippen LogP contribution in [0.5, 0.6) is 0 Å². The third kappa shape index (κ3) is 2.78. The second kappa shape index (κ2) is 4.07. The third-order valence-corrected chi connectivity index (χ3v) is 1.04. The Balaban J connectivity index is 2.52. The molecule has 0 fully saturated rings. The summed E-state index contributed by atoms with van der Waals surface area (Å²) in [6.07, 6.45) is 1.73. The summed E-state index contributed by atoms with van der Waals surface area (Å²) in [4.78, 5) is 13.8.